The molecule has 0 radical (unpaired) electrons. The maximum atomic E-state index is 12.6. The van der Waals surface area contributed by atoms with Gasteiger partial charge in [0, 0.05) is 5.54 Å². The zero-order valence-corrected chi connectivity index (χ0v) is 11.8. The number of piperazine rings is 1. The van der Waals surface area contributed by atoms with E-state index in [9.17, 15) is 9.59 Å². The SMILES string of the molecule is CCC(C)(CC)N1C(=O)C(C2CC2)NC(=O)C1C. The minimum Gasteiger partial charge on any atom is -0.342 e. The zero-order chi connectivity index (χ0) is 13.5. The molecule has 2 amide bonds. The predicted molar refractivity (Wildman–Crippen MR) is 69.9 cm³/mol. The summed E-state index contributed by atoms with van der Waals surface area (Å²) in [6.07, 6.45) is 3.89. The number of nitrogens with zero attached hydrogens (tertiary/aromatic N) is 1. The summed E-state index contributed by atoms with van der Waals surface area (Å²) in [5, 5.41) is 2.90. The normalized spacial score (nSPS) is 29.4. The summed E-state index contributed by atoms with van der Waals surface area (Å²) < 4.78 is 0. The molecule has 102 valence electrons. The van der Waals surface area contributed by atoms with Gasteiger partial charge in [-0.25, -0.2) is 0 Å². The van der Waals surface area contributed by atoms with E-state index in [0.717, 1.165) is 25.7 Å². The standard InChI is InChI=1S/C14H24N2O2/c1-5-14(4,6-2)16-9(3)12(17)15-11(13(16)18)10-7-8-10/h9-11H,5-8H2,1-4H3,(H,15,17). The Morgan fingerprint density at radius 1 is 1.28 bits per heavy atom. The molecular formula is C14H24N2O2. The maximum Gasteiger partial charge on any atom is 0.246 e. The largest absolute Gasteiger partial charge is 0.342 e. The van der Waals surface area contributed by atoms with Gasteiger partial charge in [0.05, 0.1) is 0 Å². The highest BCUT2D eigenvalue weighted by atomic mass is 16.2. The summed E-state index contributed by atoms with van der Waals surface area (Å²) in [4.78, 5) is 26.5. The molecule has 2 rings (SSSR count). The van der Waals surface area contributed by atoms with Crippen LogP contribution in [0.15, 0.2) is 0 Å². The Labute approximate surface area is 109 Å². The lowest BCUT2D eigenvalue weighted by Gasteiger charge is -2.48. The van der Waals surface area contributed by atoms with E-state index < -0.39 is 0 Å². The average Bonchev–Trinajstić information content (AvgIpc) is 3.17. The molecule has 2 atom stereocenters. The van der Waals surface area contributed by atoms with Crippen molar-refractivity contribution in [3.8, 4) is 0 Å². The first-order chi connectivity index (χ1) is 8.44. The second-order valence-electron chi connectivity index (χ2n) is 5.91. The van der Waals surface area contributed by atoms with E-state index in [0.29, 0.717) is 5.92 Å². The molecule has 0 spiro atoms. The summed E-state index contributed by atoms with van der Waals surface area (Å²) in [5.41, 5.74) is -0.207. The van der Waals surface area contributed by atoms with Crippen molar-refractivity contribution >= 4 is 11.8 Å². The molecule has 0 aromatic rings. The van der Waals surface area contributed by atoms with Gasteiger partial charge in [-0.05, 0) is 45.4 Å². The zero-order valence-electron chi connectivity index (χ0n) is 11.8. The Hall–Kier alpha value is -1.06. The van der Waals surface area contributed by atoms with Crippen molar-refractivity contribution in [3.05, 3.63) is 0 Å². The third kappa shape index (κ3) is 2.02. The summed E-state index contributed by atoms with van der Waals surface area (Å²) in [6, 6.07) is -0.622. The van der Waals surface area contributed by atoms with Crippen molar-refractivity contribution in [1.29, 1.82) is 0 Å². The Morgan fingerprint density at radius 3 is 2.28 bits per heavy atom. The van der Waals surface area contributed by atoms with Crippen molar-refractivity contribution in [2.75, 3.05) is 0 Å². The Bertz CT molecular complexity index is 359. The second-order valence-corrected chi connectivity index (χ2v) is 5.91. The molecule has 2 unspecified atom stereocenters. The van der Waals surface area contributed by atoms with Crippen LogP contribution in [0.1, 0.15) is 53.4 Å². The van der Waals surface area contributed by atoms with Crippen LogP contribution in [-0.4, -0.2) is 34.3 Å². The first-order valence-electron chi connectivity index (χ1n) is 7.08. The molecule has 18 heavy (non-hydrogen) atoms. The van der Waals surface area contributed by atoms with Gasteiger partial charge in [-0.15, -0.1) is 0 Å². The van der Waals surface area contributed by atoms with Crippen LogP contribution in [0.5, 0.6) is 0 Å². The number of nitrogens with one attached hydrogen (secondary N) is 1. The monoisotopic (exact) mass is 252 g/mol. The van der Waals surface area contributed by atoms with Crippen LogP contribution in [-0.2, 0) is 9.59 Å². The summed E-state index contributed by atoms with van der Waals surface area (Å²) in [5.74, 6) is 0.491. The third-order valence-electron chi connectivity index (χ3n) is 4.77. The van der Waals surface area contributed by atoms with Crippen molar-refractivity contribution in [2.45, 2.75) is 71.0 Å². The van der Waals surface area contributed by atoms with E-state index in [1.807, 2.05) is 11.8 Å². The van der Waals surface area contributed by atoms with Crippen LogP contribution in [0.4, 0.5) is 0 Å². The summed E-state index contributed by atoms with van der Waals surface area (Å²) in [6.45, 7) is 8.09. The molecule has 1 heterocycles. The van der Waals surface area contributed by atoms with Crippen LogP contribution < -0.4 is 5.32 Å². The number of amides is 2. The Balaban J connectivity index is 2.29. The lowest BCUT2D eigenvalue weighted by molar-refractivity contribution is -0.156. The van der Waals surface area contributed by atoms with E-state index in [-0.39, 0.29) is 29.4 Å². The lowest BCUT2D eigenvalue weighted by Crippen LogP contribution is -2.68. The Kier molecular flexibility index (Phi) is 3.39. The highest BCUT2D eigenvalue weighted by molar-refractivity contribution is 5.97. The van der Waals surface area contributed by atoms with Gasteiger partial charge in [-0.3, -0.25) is 9.59 Å². The average molecular weight is 252 g/mol. The molecule has 4 heteroatoms. The van der Waals surface area contributed by atoms with Gasteiger partial charge in [0.15, 0.2) is 0 Å². The fraction of sp³-hybridized carbons (Fsp3) is 0.857. The fourth-order valence-corrected chi connectivity index (χ4v) is 2.87. The summed E-state index contributed by atoms with van der Waals surface area (Å²) >= 11 is 0. The molecule has 0 aromatic heterocycles. The summed E-state index contributed by atoms with van der Waals surface area (Å²) in [7, 11) is 0. The van der Waals surface area contributed by atoms with Crippen LogP contribution in [0.2, 0.25) is 0 Å². The van der Waals surface area contributed by atoms with Gasteiger partial charge in [-0.1, -0.05) is 13.8 Å². The van der Waals surface area contributed by atoms with Gasteiger partial charge < -0.3 is 10.2 Å². The number of rotatable bonds is 4. The molecule has 2 fully saturated rings. The van der Waals surface area contributed by atoms with Crippen LogP contribution in [0.3, 0.4) is 0 Å². The maximum absolute atomic E-state index is 12.6. The van der Waals surface area contributed by atoms with Crippen LogP contribution in [0.25, 0.3) is 0 Å². The highest BCUT2D eigenvalue weighted by Crippen LogP contribution is 2.37. The topological polar surface area (TPSA) is 49.4 Å². The molecule has 0 bridgehead atoms. The minimum atomic E-state index is -0.350. The first kappa shape index (κ1) is 13.4. The quantitative estimate of drug-likeness (QED) is 0.827. The van der Waals surface area contributed by atoms with Crippen molar-refractivity contribution < 1.29 is 9.59 Å². The fourth-order valence-electron chi connectivity index (χ4n) is 2.87. The van der Waals surface area contributed by atoms with E-state index in [2.05, 4.69) is 26.1 Å². The molecule has 1 saturated carbocycles. The van der Waals surface area contributed by atoms with Crippen LogP contribution in [0, 0.1) is 5.92 Å². The molecule has 4 nitrogen and oxygen atoms in total. The molecule has 2 aliphatic rings. The van der Waals surface area contributed by atoms with Gasteiger partial charge in [0.25, 0.3) is 0 Å². The van der Waals surface area contributed by atoms with E-state index in [1.54, 1.807) is 0 Å². The highest BCUT2D eigenvalue weighted by Gasteiger charge is 2.49. The number of carbonyl (C=O) groups is 2. The van der Waals surface area contributed by atoms with Crippen LogP contribution >= 0.6 is 0 Å². The van der Waals surface area contributed by atoms with Gasteiger partial charge >= 0.3 is 0 Å². The Morgan fingerprint density at radius 2 is 1.83 bits per heavy atom. The molecule has 1 N–H and O–H groups in total. The van der Waals surface area contributed by atoms with Crippen molar-refractivity contribution in [2.24, 2.45) is 5.92 Å². The van der Waals surface area contributed by atoms with Gasteiger partial charge in [-0.2, -0.15) is 0 Å². The molecule has 0 aromatic carbocycles. The minimum absolute atomic E-state index is 0.000347. The first-order valence-corrected chi connectivity index (χ1v) is 7.08. The number of carbonyl (C=O) groups excluding carboxylic acids is 2. The molecule has 1 aliphatic heterocycles. The van der Waals surface area contributed by atoms with Gasteiger partial charge in [0.1, 0.15) is 12.1 Å². The number of hydrogen-bond donors (Lipinski definition) is 1. The molecule has 1 saturated heterocycles. The predicted octanol–water partition coefficient (Wildman–Crippen LogP) is 1.69. The van der Waals surface area contributed by atoms with E-state index >= 15 is 0 Å². The molecule has 1 aliphatic carbocycles. The van der Waals surface area contributed by atoms with E-state index in [4.69, 9.17) is 0 Å². The third-order valence-corrected chi connectivity index (χ3v) is 4.77. The smallest absolute Gasteiger partial charge is 0.246 e. The molecular weight excluding hydrogens is 228 g/mol. The second kappa shape index (κ2) is 4.56. The number of hydrogen-bond acceptors (Lipinski definition) is 2. The van der Waals surface area contributed by atoms with Gasteiger partial charge in [0.2, 0.25) is 11.8 Å². The van der Waals surface area contributed by atoms with E-state index in [1.165, 1.54) is 0 Å². The lowest BCUT2D eigenvalue weighted by atomic mass is 9.88. The van der Waals surface area contributed by atoms with Crippen molar-refractivity contribution in [3.63, 3.8) is 0 Å². The van der Waals surface area contributed by atoms with Crippen molar-refractivity contribution in [1.82, 2.24) is 10.2 Å².